The molecule has 21 heavy (non-hydrogen) atoms. The van der Waals surface area contributed by atoms with Crippen molar-refractivity contribution in [3.63, 3.8) is 0 Å². The van der Waals surface area contributed by atoms with Gasteiger partial charge in [-0.1, -0.05) is 18.2 Å². The van der Waals surface area contributed by atoms with E-state index in [-0.39, 0.29) is 11.7 Å². The Bertz CT molecular complexity index is 685. The van der Waals surface area contributed by atoms with E-state index < -0.39 is 6.10 Å². The predicted molar refractivity (Wildman–Crippen MR) is 78.5 cm³/mol. The summed E-state index contributed by atoms with van der Waals surface area (Å²) < 4.78 is 18.6. The standard InChI is InChI=1S/C16H15FN2O2/c1-10-16(20)19(9-11-5-7-12(17)8-6-11)15-13(18)3-2-4-14(15)21-10/h2-8,10H,9,18H2,1H3. The van der Waals surface area contributed by atoms with Crippen molar-refractivity contribution >= 4 is 17.3 Å². The molecule has 1 amide bonds. The maximum absolute atomic E-state index is 13.0. The molecule has 0 saturated carbocycles. The number of rotatable bonds is 2. The second kappa shape index (κ2) is 5.09. The fourth-order valence-corrected chi connectivity index (χ4v) is 2.42. The van der Waals surface area contributed by atoms with Gasteiger partial charge in [-0.25, -0.2) is 4.39 Å². The number of amides is 1. The van der Waals surface area contributed by atoms with Crippen molar-refractivity contribution in [2.45, 2.75) is 19.6 Å². The first-order chi connectivity index (χ1) is 10.1. The minimum Gasteiger partial charge on any atom is -0.479 e. The van der Waals surface area contributed by atoms with Crippen LogP contribution in [-0.2, 0) is 11.3 Å². The van der Waals surface area contributed by atoms with Gasteiger partial charge in [0.15, 0.2) is 6.10 Å². The molecule has 1 aliphatic rings. The SMILES string of the molecule is CC1Oc2cccc(N)c2N(Cc2ccc(F)cc2)C1=O. The number of carbonyl (C=O) groups excluding carboxylic acids is 1. The molecule has 2 N–H and O–H groups in total. The van der Waals surface area contributed by atoms with E-state index in [1.54, 1.807) is 42.2 Å². The number of hydrogen-bond donors (Lipinski definition) is 1. The van der Waals surface area contributed by atoms with E-state index in [1.165, 1.54) is 12.1 Å². The third-order valence-corrected chi connectivity index (χ3v) is 3.47. The Balaban J connectivity index is 2.00. The number of para-hydroxylation sites is 1. The van der Waals surface area contributed by atoms with Gasteiger partial charge in [0.1, 0.15) is 17.3 Å². The van der Waals surface area contributed by atoms with Gasteiger partial charge in [0.05, 0.1) is 12.2 Å². The highest BCUT2D eigenvalue weighted by atomic mass is 19.1. The highest BCUT2D eigenvalue weighted by molar-refractivity contribution is 6.02. The zero-order valence-corrected chi connectivity index (χ0v) is 11.5. The van der Waals surface area contributed by atoms with Gasteiger partial charge in [0, 0.05) is 0 Å². The van der Waals surface area contributed by atoms with Crippen LogP contribution in [-0.4, -0.2) is 12.0 Å². The predicted octanol–water partition coefficient (Wildman–Crippen LogP) is 2.72. The molecule has 1 heterocycles. The Morgan fingerprint density at radius 1 is 1.24 bits per heavy atom. The number of fused-ring (bicyclic) bond motifs is 1. The normalized spacial score (nSPS) is 17.3. The molecule has 1 aliphatic heterocycles. The molecule has 4 nitrogen and oxygen atoms in total. The first-order valence-corrected chi connectivity index (χ1v) is 6.67. The van der Waals surface area contributed by atoms with Crippen LogP contribution in [0.1, 0.15) is 12.5 Å². The summed E-state index contributed by atoms with van der Waals surface area (Å²) in [6.07, 6.45) is -0.570. The number of halogens is 1. The monoisotopic (exact) mass is 286 g/mol. The quantitative estimate of drug-likeness (QED) is 0.864. The first-order valence-electron chi connectivity index (χ1n) is 6.67. The summed E-state index contributed by atoms with van der Waals surface area (Å²) in [7, 11) is 0. The molecule has 1 atom stereocenters. The second-order valence-electron chi connectivity index (χ2n) is 5.00. The molecule has 0 aliphatic carbocycles. The van der Waals surface area contributed by atoms with Crippen LogP contribution in [0.2, 0.25) is 0 Å². The van der Waals surface area contributed by atoms with Gasteiger partial charge in [-0.05, 0) is 36.8 Å². The molecule has 0 aromatic heterocycles. The van der Waals surface area contributed by atoms with Crippen LogP contribution in [0, 0.1) is 5.82 Å². The van der Waals surface area contributed by atoms with Crippen LogP contribution in [0.15, 0.2) is 42.5 Å². The van der Waals surface area contributed by atoms with Crippen molar-refractivity contribution in [1.82, 2.24) is 0 Å². The Morgan fingerprint density at radius 3 is 2.67 bits per heavy atom. The smallest absolute Gasteiger partial charge is 0.268 e. The largest absolute Gasteiger partial charge is 0.479 e. The van der Waals surface area contributed by atoms with E-state index in [0.29, 0.717) is 23.7 Å². The molecule has 2 aromatic carbocycles. The van der Waals surface area contributed by atoms with Crippen LogP contribution in [0.5, 0.6) is 5.75 Å². The van der Waals surface area contributed by atoms with Crippen LogP contribution in [0.3, 0.4) is 0 Å². The van der Waals surface area contributed by atoms with Crippen LogP contribution in [0.25, 0.3) is 0 Å². The van der Waals surface area contributed by atoms with Crippen molar-refractivity contribution in [3.8, 4) is 5.75 Å². The molecule has 108 valence electrons. The number of nitrogens with zero attached hydrogens (tertiary/aromatic N) is 1. The van der Waals surface area contributed by atoms with E-state index in [4.69, 9.17) is 10.5 Å². The molecular formula is C16H15FN2O2. The van der Waals surface area contributed by atoms with E-state index in [2.05, 4.69) is 0 Å². The molecule has 0 saturated heterocycles. The average Bonchev–Trinajstić information content (AvgIpc) is 2.46. The lowest BCUT2D eigenvalue weighted by molar-refractivity contribution is -0.125. The Labute approximate surface area is 121 Å². The number of carbonyl (C=O) groups is 1. The zero-order valence-electron chi connectivity index (χ0n) is 11.5. The van der Waals surface area contributed by atoms with Gasteiger partial charge < -0.3 is 10.5 Å². The van der Waals surface area contributed by atoms with E-state index >= 15 is 0 Å². The number of nitrogen functional groups attached to an aromatic ring is 1. The lowest BCUT2D eigenvalue weighted by Crippen LogP contribution is -2.44. The molecular weight excluding hydrogens is 271 g/mol. The zero-order chi connectivity index (χ0) is 15.0. The first kappa shape index (κ1) is 13.4. The lowest BCUT2D eigenvalue weighted by Gasteiger charge is -2.34. The van der Waals surface area contributed by atoms with Crippen molar-refractivity contribution in [2.24, 2.45) is 0 Å². The lowest BCUT2D eigenvalue weighted by atomic mass is 10.1. The van der Waals surface area contributed by atoms with Gasteiger partial charge >= 0.3 is 0 Å². The average molecular weight is 286 g/mol. The molecule has 0 fully saturated rings. The fraction of sp³-hybridized carbons (Fsp3) is 0.188. The molecule has 1 unspecified atom stereocenters. The van der Waals surface area contributed by atoms with Gasteiger partial charge in [0.25, 0.3) is 5.91 Å². The summed E-state index contributed by atoms with van der Waals surface area (Å²) in [4.78, 5) is 14.0. The summed E-state index contributed by atoms with van der Waals surface area (Å²) in [5.74, 6) is 0.120. The fourth-order valence-electron chi connectivity index (χ4n) is 2.42. The summed E-state index contributed by atoms with van der Waals surface area (Å²) in [6, 6.07) is 11.4. The summed E-state index contributed by atoms with van der Waals surface area (Å²) >= 11 is 0. The highest BCUT2D eigenvalue weighted by Gasteiger charge is 2.32. The Kier molecular flexibility index (Phi) is 3.25. The molecule has 2 aromatic rings. The van der Waals surface area contributed by atoms with Gasteiger partial charge in [-0.15, -0.1) is 0 Å². The molecule has 0 radical (unpaired) electrons. The third-order valence-electron chi connectivity index (χ3n) is 3.47. The van der Waals surface area contributed by atoms with Crippen molar-refractivity contribution in [3.05, 3.63) is 53.8 Å². The van der Waals surface area contributed by atoms with Gasteiger partial charge in [-0.3, -0.25) is 9.69 Å². The number of benzene rings is 2. The minimum absolute atomic E-state index is 0.162. The highest BCUT2D eigenvalue weighted by Crippen LogP contribution is 2.39. The number of hydrogen-bond acceptors (Lipinski definition) is 3. The van der Waals surface area contributed by atoms with E-state index in [0.717, 1.165) is 5.56 Å². The molecule has 0 bridgehead atoms. The Hall–Kier alpha value is -2.56. The molecule has 0 spiro atoms. The van der Waals surface area contributed by atoms with E-state index in [9.17, 15) is 9.18 Å². The van der Waals surface area contributed by atoms with E-state index in [1.807, 2.05) is 0 Å². The van der Waals surface area contributed by atoms with Crippen LogP contribution < -0.4 is 15.4 Å². The van der Waals surface area contributed by atoms with Crippen LogP contribution in [0.4, 0.5) is 15.8 Å². The van der Waals surface area contributed by atoms with Crippen molar-refractivity contribution in [2.75, 3.05) is 10.6 Å². The van der Waals surface area contributed by atoms with Crippen molar-refractivity contribution < 1.29 is 13.9 Å². The third kappa shape index (κ3) is 2.42. The van der Waals surface area contributed by atoms with Crippen molar-refractivity contribution in [1.29, 1.82) is 0 Å². The maximum Gasteiger partial charge on any atom is 0.268 e. The number of nitrogens with two attached hydrogens (primary N) is 1. The summed E-state index contributed by atoms with van der Waals surface area (Å²) in [5, 5.41) is 0. The topological polar surface area (TPSA) is 55.6 Å². The minimum atomic E-state index is -0.570. The van der Waals surface area contributed by atoms with Gasteiger partial charge in [0.2, 0.25) is 0 Å². The number of anilines is 2. The summed E-state index contributed by atoms with van der Waals surface area (Å²) in [5.41, 5.74) is 7.87. The second-order valence-corrected chi connectivity index (χ2v) is 5.00. The maximum atomic E-state index is 13.0. The number of ether oxygens (including phenoxy) is 1. The van der Waals surface area contributed by atoms with Crippen LogP contribution >= 0.6 is 0 Å². The Morgan fingerprint density at radius 2 is 1.95 bits per heavy atom. The summed E-state index contributed by atoms with van der Waals surface area (Å²) in [6.45, 7) is 2.03. The van der Waals surface area contributed by atoms with Gasteiger partial charge in [-0.2, -0.15) is 0 Å². The molecule has 5 heteroatoms. The molecule has 3 rings (SSSR count).